The van der Waals surface area contributed by atoms with Crippen LogP contribution in [-0.4, -0.2) is 28.0 Å². The first-order chi connectivity index (χ1) is 14.1. The summed E-state index contributed by atoms with van der Waals surface area (Å²) in [5, 5.41) is 5.16. The zero-order valence-corrected chi connectivity index (χ0v) is 15.4. The standard InChI is InChI=1S/C22H17N3O4/c26-20(24-17-10-9-15-5-1-2-6-16(15)11-17)13-29-21(27)12-25-14-23-19-8-4-3-7-18(19)22(25)28/h1-11,14H,12-13H2,(H,24,26). The van der Waals surface area contributed by atoms with E-state index < -0.39 is 18.5 Å². The van der Waals surface area contributed by atoms with Gasteiger partial charge in [0.05, 0.1) is 17.2 Å². The maximum atomic E-state index is 12.4. The molecule has 29 heavy (non-hydrogen) atoms. The molecule has 0 fully saturated rings. The van der Waals surface area contributed by atoms with Crippen LogP contribution in [0.4, 0.5) is 5.69 Å². The number of hydrogen-bond acceptors (Lipinski definition) is 5. The summed E-state index contributed by atoms with van der Waals surface area (Å²) in [5.41, 5.74) is 0.824. The molecule has 0 aliphatic rings. The Bertz CT molecular complexity index is 1280. The van der Waals surface area contributed by atoms with Crippen LogP contribution in [0.5, 0.6) is 0 Å². The topological polar surface area (TPSA) is 90.3 Å². The number of benzene rings is 3. The number of carbonyl (C=O) groups excluding carboxylic acids is 2. The Morgan fingerprint density at radius 2 is 1.72 bits per heavy atom. The highest BCUT2D eigenvalue weighted by molar-refractivity contribution is 5.95. The monoisotopic (exact) mass is 387 g/mol. The van der Waals surface area contributed by atoms with Crippen molar-refractivity contribution in [3.8, 4) is 0 Å². The molecule has 1 heterocycles. The van der Waals surface area contributed by atoms with Crippen molar-refractivity contribution in [2.24, 2.45) is 0 Å². The highest BCUT2D eigenvalue weighted by Gasteiger charge is 2.11. The third kappa shape index (κ3) is 4.14. The highest BCUT2D eigenvalue weighted by Crippen LogP contribution is 2.18. The van der Waals surface area contributed by atoms with Crippen LogP contribution in [0.2, 0.25) is 0 Å². The number of esters is 1. The Kier molecular flexibility index (Phi) is 5.03. The van der Waals surface area contributed by atoms with Gasteiger partial charge in [0.1, 0.15) is 6.54 Å². The molecule has 1 aromatic heterocycles. The zero-order valence-electron chi connectivity index (χ0n) is 15.4. The van der Waals surface area contributed by atoms with Gasteiger partial charge in [-0.3, -0.25) is 19.0 Å². The molecule has 1 N–H and O–H groups in total. The molecule has 7 heteroatoms. The van der Waals surface area contributed by atoms with Crippen LogP contribution in [0.1, 0.15) is 0 Å². The second kappa shape index (κ2) is 7.93. The molecule has 4 rings (SSSR count). The maximum absolute atomic E-state index is 12.4. The lowest BCUT2D eigenvalue weighted by Crippen LogP contribution is -2.28. The minimum atomic E-state index is -0.696. The van der Waals surface area contributed by atoms with Crippen LogP contribution in [-0.2, 0) is 20.9 Å². The molecule has 0 radical (unpaired) electrons. The van der Waals surface area contributed by atoms with Gasteiger partial charge in [-0.05, 0) is 35.0 Å². The van der Waals surface area contributed by atoms with Crippen LogP contribution in [0.25, 0.3) is 21.7 Å². The van der Waals surface area contributed by atoms with Gasteiger partial charge in [-0.15, -0.1) is 0 Å². The Morgan fingerprint density at radius 1 is 0.966 bits per heavy atom. The number of para-hydroxylation sites is 1. The summed E-state index contributed by atoms with van der Waals surface area (Å²) in [4.78, 5) is 40.7. The van der Waals surface area contributed by atoms with Crippen molar-refractivity contribution in [2.45, 2.75) is 6.54 Å². The van der Waals surface area contributed by atoms with E-state index in [0.717, 1.165) is 15.3 Å². The number of anilines is 1. The van der Waals surface area contributed by atoms with E-state index >= 15 is 0 Å². The summed E-state index contributed by atoms with van der Waals surface area (Å²) < 4.78 is 6.15. The molecule has 4 aromatic rings. The summed E-state index contributed by atoms with van der Waals surface area (Å²) in [6, 6.07) is 20.2. The molecular formula is C22H17N3O4. The number of rotatable bonds is 5. The van der Waals surface area contributed by atoms with Gasteiger partial charge in [0.15, 0.2) is 6.61 Å². The average Bonchev–Trinajstić information content (AvgIpc) is 2.74. The van der Waals surface area contributed by atoms with Crippen LogP contribution < -0.4 is 10.9 Å². The number of ether oxygens (including phenoxy) is 1. The average molecular weight is 387 g/mol. The van der Waals surface area contributed by atoms with Gasteiger partial charge in [-0.2, -0.15) is 0 Å². The van der Waals surface area contributed by atoms with Gasteiger partial charge < -0.3 is 10.1 Å². The van der Waals surface area contributed by atoms with E-state index in [0.29, 0.717) is 16.6 Å². The van der Waals surface area contributed by atoms with Crippen LogP contribution in [0.15, 0.2) is 77.9 Å². The molecule has 0 bridgehead atoms. The number of nitrogens with zero attached hydrogens (tertiary/aromatic N) is 2. The predicted octanol–water partition coefficient (Wildman–Crippen LogP) is 2.73. The van der Waals surface area contributed by atoms with Crippen molar-refractivity contribution in [1.29, 1.82) is 0 Å². The zero-order chi connectivity index (χ0) is 20.2. The minimum Gasteiger partial charge on any atom is -0.454 e. The smallest absolute Gasteiger partial charge is 0.326 e. The lowest BCUT2D eigenvalue weighted by atomic mass is 10.1. The van der Waals surface area contributed by atoms with Gasteiger partial charge in [0.2, 0.25) is 0 Å². The van der Waals surface area contributed by atoms with Crippen molar-refractivity contribution in [3.63, 3.8) is 0 Å². The van der Waals surface area contributed by atoms with E-state index in [2.05, 4.69) is 10.3 Å². The van der Waals surface area contributed by atoms with E-state index in [1.54, 1.807) is 30.3 Å². The lowest BCUT2D eigenvalue weighted by Gasteiger charge is -2.09. The summed E-state index contributed by atoms with van der Waals surface area (Å²) in [6.45, 7) is -0.763. The first kappa shape index (κ1) is 18.4. The third-order valence-corrected chi connectivity index (χ3v) is 4.43. The molecule has 0 atom stereocenters. The number of hydrogen-bond donors (Lipinski definition) is 1. The van der Waals surface area contributed by atoms with E-state index in [1.165, 1.54) is 6.33 Å². The number of aromatic nitrogens is 2. The highest BCUT2D eigenvalue weighted by atomic mass is 16.5. The fourth-order valence-electron chi connectivity index (χ4n) is 3.01. The largest absolute Gasteiger partial charge is 0.454 e. The quantitative estimate of drug-likeness (QED) is 0.532. The molecule has 0 saturated carbocycles. The van der Waals surface area contributed by atoms with E-state index in [1.807, 2.05) is 36.4 Å². The van der Waals surface area contributed by atoms with Gasteiger partial charge in [0.25, 0.3) is 11.5 Å². The van der Waals surface area contributed by atoms with Crippen molar-refractivity contribution >= 4 is 39.2 Å². The molecular weight excluding hydrogens is 370 g/mol. The Hall–Kier alpha value is -4.00. The Labute approximate surface area is 165 Å². The van der Waals surface area contributed by atoms with Crippen molar-refractivity contribution in [1.82, 2.24) is 9.55 Å². The van der Waals surface area contributed by atoms with Crippen LogP contribution in [0.3, 0.4) is 0 Å². The normalized spacial score (nSPS) is 10.8. The number of fused-ring (bicyclic) bond motifs is 2. The summed E-state index contributed by atoms with van der Waals surface area (Å²) >= 11 is 0. The van der Waals surface area contributed by atoms with Gasteiger partial charge in [0, 0.05) is 5.69 Å². The summed E-state index contributed by atoms with van der Waals surface area (Å²) in [5.74, 6) is -1.16. The fourth-order valence-corrected chi connectivity index (χ4v) is 3.01. The first-order valence-corrected chi connectivity index (χ1v) is 8.98. The Balaban J connectivity index is 1.36. The predicted molar refractivity (Wildman–Crippen MR) is 110 cm³/mol. The van der Waals surface area contributed by atoms with Crippen LogP contribution >= 0.6 is 0 Å². The lowest BCUT2D eigenvalue weighted by molar-refractivity contribution is -0.147. The van der Waals surface area contributed by atoms with Crippen molar-refractivity contribution in [2.75, 3.05) is 11.9 Å². The molecule has 0 spiro atoms. The summed E-state index contributed by atoms with van der Waals surface area (Å²) in [7, 11) is 0. The first-order valence-electron chi connectivity index (χ1n) is 8.98. The van der Waals surface area contributed by atoms with Crippen molar-refractivity contribution in [3.05, 3.63) is 83.4 Å². The molecule has 1 amide bonds. The number of nitrogens with one attached hydrogen (secondary N) is 1. The fraction of sp³-hybridized carbons (Fsp3) is 0.0909. The molecule has 144 valence electrons. The maximum Gasteiger partial charge on any atom is 0.326 e. The van der Waals surface area contributed by atoms with E-state index in [-0.39, 0.29) is 12.1 Å². The van der Waals surface area contributed by atoms with Gasteiger partial charge >= 0.3 is 5.97 Å². The number of amides is 1. The second-order valence-electron chi connectivity index (χ2n) is 6.47. The van der Waals surface area contributed by atoms with E-state index in [4.69, 9.17) is 4.74 Å². The molecule has 0 aliphatic heterocycles. The van der Waals surface area contributed by atoms with Gasteiger partial charge in [-0.25, -0.2) is 4.98 Å². The van der Waals surface area contributed by atoms with E-state index in [9.17, 15) is 14.4 Å². The molecule has 0 aliphatic carbocycles. The van der Waals surface area contributed by atoms with Gasteiger partial charge in [-0.1, -0.05) is 42.5 Å². The third-order valence-electron chi connectivity index (χ3n) is 4.43. The van der Waals surface area contributed by atoms with Crippen molar-refractivity contribution < 1.29 is 14.3 Å². The molecule has 7 nitrogen and oxygen atoms in total. The minimum absolute atomic E-state index is 0.320. The SMILES string of the molecule is O=C(COC(=O)Cn1cnc2ccccc2c1=O)Nc1ccc2ccccc2c1. The molecule has 0 unspecified atom stereocenters. The van der Waals surface area contributed by atoms with Crippen LogP contribution in [0, 0.1) is 0 Å². The Morgan fingerprint density at radius 3 is 2.59 bits per heavy atom. The molecule has 3 aromatic carbocycles. The second-order valence-corrected chi connectivity index (χ2v) is 6.47. The summed E-state index contributed by atoms with van der Waals surface area (Å²) in [6.07, 6.45) is 1.29. The molecule has 0 saturated heterocycles. The number of carbonyl (C=O) groups is 2.